The third-order valence-electron chi connectivity index (χ3n) is 4.12. The van der Waals surface area contributed by atoms with E-state index in [9.17, 15) is 4.79 Å². The molecule has 1 heterocycles. The first-order valence-electron chi connectivity index (χ1n) is 7.01. The number of hydrogen-bond donors (Lipinski definition) is 2. The molecular formula is C16H19NO2. The van der Waals surface area contributed by atoms with E-state index >= 15 is 0 Å². The van der Waals surface area contributed by atoms with Gasteiger partial charge < -0.3 is 10.4 Å². The van der Waals surface area contributed by atoms with Crippen molar-refractivity contribution in [1.82, 2.24) is 5.32 Å². The summed E-state index contributed by atoms with van der Waals surface area (Å²) in [6, 6.07) is 8.44. The van der Waals surface area contributed by atoms with Crippen LogP contribution in [0.4, 0.5) is 0 Å². The van der Waals surface area contributed by atoms with Crippen LogP contribution in [0, 0.1) is 5.92 Å². The van der Waals surface area contributed by atoms with E-state index in [0.717, 1.165) is 31.4 Å². The summed E-state index contributed by atoms with van der Waals surface area (Å²) in [5.41, 5.74) is 4.97. The topological polar surface area (TPSA) is 49.3 Å². The fourth-order valence-electron chi connectivity index (χ4n) is 3.22. The lowest BCUT2D eigenvalue weighted by molar-refractivity contribution is -0.121. The average molecular weight is 257 g/mol. The maximum atomic E-state index is 11.7. The number of piperidine rings is 1. The smallest absolute Gasteiger partial charge is 0.224 e. The summed E-state index contributed by atoms with van der Waals surface area (Å²) in [4.78, 5) is 11.7. The molecular weight excluding hydrogens is 238 g/mol. The Morgan fingerprint density at radius 3 is 3.00 bits per heavy atom. The van der Waals surface area contributed by atoms with Gasteiger partial charge in [0.1, 0.15) is 0 Å². The van der Waals surface area contributed by atoms with Gasteiger partial charge in [-0.25, -0.2) is 0 Å². The molecule has 2 N–H and O–H groups in total. The number of rotatable bonds is 3. The normalized spacial score (nSPS) is 21.7. The Morgan fingerprint density at radius 2 is 2.16 bits per heavy atom. The summed E-state index contributed by atoms with van der Waals surface area (Å²) >= 11 is 0. The van der Waals surface area contributed by atoms with Crippen LogP contribution in [0.2, 0.25) is 0 Å². The molecule has 19 heavy (non-hydrogen) atoms. The Morgan fingerprint density at radius 1 is 1.32 bits per heavy atom. The van der Waals surface area contributed by atoms with Crippen molar-refractivity contribution in [3.8, 4) is 0 Å². The lowest BCUT2D eigenvalue weighted by Gasteiger charge is -2.34. The van der Waals surface area contributed by atoms with E-state index in [1.165, 1.54) is 16.7 Å². The predicted molar refractivity (Wildman–Crippen MR) is 74.3 cm³/mol. The number of allylic oxidation sites excluding steroid dienone is 2. The van der Waals surface area contributed by atoms with Gasteiger partial charge in [-0.2, -0.15) is 0 Å². The zero-order valence-corrected chi connectivity index (χ0v) is 11.0. The van der Waals surface area contributed by atoms with Crippen LogP contribution in [0.25, 0.3) is 5.57 Å². The van der Waals surface area contributed by atoms with Crippen LogP contribution in [0.1, 0.15) is 36.8 Å². The number of amides is 1. The van der Waals surface area contributed by atoms with Gasteiger partial charge in [-0.3, -0.25) is 4.79 Å². The molecule has 1 amide bonds. The van der Waals surface area contributed by atoms with Crippen LogP contribution in [0.5, 0.6) is 0 Å². The summed E-state index contributed by atoms with van der Waals surface area (Å²) in [6.45, 7) is 0.192. The van der Waals surface area contributed by atoms with Gasteiger partial charge in [-0.05, 0) is 42.4 Å². The molecule has 3 heteroatoms. The summed E-state index contributed by atoms with van der Waals surface area (Å²) in [5, 5.41) is 12.2. The van der Waals surface area contributed by atoms with Gasteiger partial charge in [-0.1, -0.05) is 24.3 Å². The van der Waals surface area contributed by atoms with E-state index in [2.05, 4.69) is 23.5 Å². The number of aliphatic hydroxyl groups is 1. The van der Waals surface area contributed by atoms with Crippen LogP contribution < -0.4 is 5.32 Å². The van der Waals surface area contributed by atoms with Crippen LogP contribution in [-0.4, -0.2) is 17.6 Å². The molecule has 1 unspecified atom stereocenters. The molecule has 0 aromatic heterocycles. The number of carbonyl (C=O) groups excluding carboxylic acids is 1. The number of benzene rings is 1. The summed E-state index contributed by atoms with van der Waals surface area (Å²) < 4.78 is 0. The van der Waals surface area contributed by atoms with Crippen molar-refractivity contribution in [2.45, 2.75) is 32.1 Å². The fourth-order valence-corrected chi connectivity index (χ4v) is 3.22. The molecule has 0 spiro atoms. The Labute approximate surface area is 113 Å². The fraction of sp³-hybridized carbons (Fsp3) is 0.438. The highest BCUT2D eigenvalue weighted by molar-refractivity contribution is 5.84. The van der Waals surface area contributed by atoms with Crippen molar-refractivity contribution < 1.29 is 9.90 Å². The number of aliphatic hydroxyl groups excluding tert-OH is 1. The molecule has 0 radical (unpaired) electrons. The van der Waals surface area contributed by atoms with Gasteiger partial charge in [-0.15, -0.1) is 0 Å². The molecule has 1 fully saturated rings. The van der Waals surface area contributed by atoms with Gasteiger partial charge in [0, 0.05) is 24.6 Å². The average Bonchev–Trinajstić information content (AvgIpc) is 2.44. The van der Waals surface area contributed by atoms with Crippen molar-refractivity contribution in [2.24, 2.45) is 5.92 Å². The van der Waals surface area contributed by atoms with Gasteiger partial charge >= 0.3 is 0 Å². The van der Waals surface area contributed by atoms with E-state index in [-0.39, 0.29) is 12.5 Å². The maximum absolute atomic E-state index is 11.7. The van der Waals surface area contributed by atoms with Crippen LogP contribution in [-0.2, 0) is 11.2 Å². The van der Waals surface area contributed by atoms with Crippen LogP contribution >= 0.6 is 0 Å². The van der Waals surface area contributed by atoms with E-state index < -0.39 is 0 Å². The Hall–Kier alpha value is -1.61. The van der Waals surface area contributed by atoms with E-state index in [1.807, 2.05) is 6.07 Å². The molecule has 1 saturated heterocycles. The zero-order valence-electron chi connectivity index (χ0n) is 11.0. The van der Waals surface area contributed by atoms with E-state index in [4.69, 9.17) is 5.11 Å². The summed E-state index contributed by atoms with van der Waals surface area (Å²) in [7, 11) is 0. The lowest BCUT2D eigenvalue weighted by Crippen LogP contribution is -2.36. The van der Waals surface area contributed by atoms with Crippen molar-refractivity contribution in [3.05, 3.63) is 41.1 Å². The Kier molecular flexibility index (Phi) is 3.38. The first-order valence-corrected chi connectivity index (χ1v) is 7.01. The minimum absolute atomic E-state index is 0.132. The molecule has 3 nitrogen and oxygen atoms in total. The molecule has 0 saturated carbocycles. The molecule has 100 valence electrons. The largest absolute Gasteiger partial charge is 0.396 e. The second kappa shape index (κ2) is 5.17. The first-order chi connectivity index (χ1) is 9.29. The number of fused-ring (bicyclic) bond motifs is 2. The monoisotopic (exact) mass is 257 g/mol. The number of nitrogens with one attached hydrogen (secondary N) is 1. The Bertz CT molecular complexity index is 533. The van der Waals surface area contributed by atoms with E-state index in [1.54, 1.807) is 0 Å². The maximum Gasteiger partial charge on any atom is 0.224 e. The third-order valence-corrected chi connectivity index (χ3v) is 4.12. The highest BCUT2D eigenvalue weighted by atomic mass is 16.2. The highest BCUT2D eigenvalue weighted by Crippen LogP contribution is 2.39. The standard InChI is InChI=1S/C16H19NO2/c18-9-3-6-14-13-5-2-1-4-11(13)10-12-7-8-15(19)17-16(12)14/h1-2,4-5,12,18H,3,6-10H2,(H,17,19). The molecule has 1 aromatic carbocycles. The number of carbonyl (C=O) groups is 1. The van der Waals surface area contributed by atoms with Crippen molar-refractivity contribution >= 4 is 11.5 Å². The second-order valence-electron chi connectivity index (χ2n) is 5.36. The predicted octanol–water partition coefficient (Wildman–Crippen LogP) is 2.25. The molecule has 3 rings (SSSR count). The minimum atomic E-state index is 0.132. The van der Waals surface area contributed by atoms with Crippen molar-refractivity contribution in [1.29, 1.82) is 0 Å². The van der Waals surface area contributed by atoms with Gasteiger partial charge in [0.2, 0.25) is 5.91 Å². The van der Waals surface area contributed by atoms with Crippen molar-refractivity contribution in [2.75, 3.05) is 6.61 Å². The number of hydrogen-bond acceptors (Lipinski definition) is 2. The quantitative estimate of drug-likeness (QED) is 0.872. The summed E-state index contributed by atoms with van der Waals surface area (Å²) in [6.07, 6.45) is 4.17. The van der Waals surface area contributed by atoms with Crippen LogP contribution in [0.3, 0.4) is 0 Å². The highest BCUT2D eigenvalue weighted by Gasteiger charge is 2.31. The van der Waals surface area contributed by atoms with Crippen LogP contribution in [0.15, 0.2) is 30.0 Å². The molecule has 1 aliphatic heterocycles. The molecule has 1 atom stereocenters. The molecule has 0 bridgehead atoms. The van der Waals surface area contributed by atoms with Crippen molar-refractivity contribution in [3.63, 3.8) is 0 Å². The lowest BCUT2D eigenvalue weighted by atomic mass is 9.77. The Balaban J connectivity index is 2.04. The van der Waals surface area contributed by atoms with Gasteiger partial charge in [0.15, 0.2) is 0 Å². The molecule has 1 aromatic rings. The first kappa shape index (κ1) is 12.4. The second-order valence-corrected chi connectivity index (χ2v) is 5.36. The molecule has 2 aliphatic rings. The van der Waals surface area contributed by atoms with Gasteiger partial charge in [0.05, 0.1) is 0 Å². The third kappa shape index (κ3) is 2.30. The van der Waals surface area contributed by atoms with E-state index in [0.29, 0.717) is 12.3 Å². The zero-order chi connectivity index (χ0) is 13.2. The molecule has 1 aliphatic carbocycles. The SMILES string of the molecule is O=C1CCC2Cc3ccccc3C(CCCO)=C2N1. The minimum Gasteiger partial charge on any atom is -0.396 e. The summed E-state index contributed by atoms with van der Waals surface area (Å²) in [5.74, 6) is 0.577. The van der Waals surface area contributed by atoms with Gasteiger partial charge in [0.25, 0.3) is 0 Å².